The Hall–Kier alpha value is -0.610. The van der Waals surface area contributed by atoms with Gasteiger partial charge in [-0.1, -0.05) is 0 Å². The second kappa shape index (κ2) is 6.51. The summed E-state index contributed by atoms with van der Waals surface area (Å²) in [7, 11) is 1.53. The summed E-state index contributed by atoms with van der Waals surface area (Å²) in [6.45, 7) is 0.353. The Morgan fingerprint density at radius 1 is 1.60 bits per heavy atom. The van der Waals surface area contributed by atoms with Crippen LogP contribution in [-0.2, 0) is 14.6 Å². The number of rotatable bonds is 5. The van der Waals surface area contributed by atoms with Crippen molar-refractivity contribution < 1.29 is 14.6 Å². The maximum absolute atomic E-state index is 10.6. The SMILES string of the molecule is COCCC(=O)NCC[O]. The average molecular weight is 146 g/mol. The van der Waals surface area contributed by atoms with E-state index in [1.54, 1.807) is 0 Å². The lowest BCUT2D eigenvalue weighted by Crippen LogP contribution is -2.26. The van der Waals surface area contributed by atoms with E-state index in [0.717, 1.165) is 0 Å². The monoisotopic (exact) mass is 146 g/mol. The fourth-order valence-electron chi connectivity index (χ4n) is 0.474. The molecule has 0 atom stereocenters. The van der Waals surface area contributed by atoms with E-state index < -0.39 is 0 Å². The van der Waals surface area contributed by atoms with Gasteiger partial charge in [0.25, 0.3) is 0 Å². The van der Waals surface area contributed by atoms with Crippen LogP contribution in [0, 0.1) is 0 Å². The molecule has 1 radical (unpaired) electrons. The highest BCUT2D eigenvalue weighted by molar-refractivity contribution is 5.75. The number of carbonyl (C=O) groups is 1. The topological polar surface area (TPSA) is 58.2 Å². The summed E-state index contributed by atoms with van der Waals surface area (Å²) in [4.78, 5) is 10.6. The van der Waals surface area contributed by atoms with E-state index in [4.69, 9.17) is 0 Å². The zero-order valence-electron chi connectivity index (χ0n) is 6.05. The molecule has 1 N–H and O–H groups in total. The zero-order chi connectivity index (χ0) is 7.82. The van der Waals surface area contributed by atoms with E-state index in [1.807, 2.05) is 0 Å². The van der Waals surface area contributed by atoms with Crippen molar-refractivity contribution >= 4 is 5.91 Å². The number of ether oxygens (including phenoxy) is 1. The fraction of sp³-hybridized carbons (Fsp3) is 0.833. The lowest BCUT2D eigenvalue weighted by Gasteiger charge is -2.00. The van der Waals surface area contributed by atoms with Crippen LogP contribution in [0.4, 0.5) is 0 Å². The standard InChI is InChI=1S/C6H12NO3/c1-10-5-2-6(9)7-3-4-8/h2-5H2,1H3,(H,7,9). The molecule has 0 rings (SSSR count). The molecule has 59 valence electrons. The molecule has 4 heteroatoms. The Bertz CT molecular complexity index is 85.0. The van der Waals surface area contributed by atoms with Crippen LogP contribution in [0.3, 0.4) is 0 Å². The van der Waals surface area contributed by atoms with Crippen molar-refractivity contribution in [1.29, 1.82) is 0 Å². The zero-order valence-corrected chi connectivity index (χ0v) is 6.05. The lowest BCUT2D eigenvalue weighted by atomic mass is 10.4. The van der Waals surface area contributed by atoms with Gasteiger partial charge in [-0.3, -0.25) is 4.79 Å². The molecule has 0 aromatic rings. The lowest BCUT2D eigenvalue weighted by molar-refractivity contribution is -0.122. The minimum atomic E-state index is -0.265. The van der Waals surface area contributed by atoms with Gasteiger partial charge in [0.15, 0.2) is 0 Å². The van der Waals surface area contributed by atoms with Crippen LogP contribution in [0.15, 0.2) is 0 Å². The first-order valence-electron chi connectivity index (χ1n) is 3.15. The molecule has 0 unspecified atom stereocenters. The quantitative estimate of drug-likeness (QED) is 0.572. The molecule has 0 aromatic heterocycles. The molecule has 10 heavy (non-hydrogen) atoms. The molecule has 0 heterocycles. The molecule has 0 saturated carbocycles. The van der Waals surface area contributed by atoms with E-state index in [0.29, 0.717) is 13.0 Å². The van der Waals surface area contributed by atoms with E-state index in [2.05, 4.69) is 10.1 Å². The largest absolute Gasteiger partial charge is 0.384 e. The second-order valence-corrected chi connectivity index (χ2v) is 1.80. The van der Waals surface area contributed by atoms with Gasteiger partial charge >= 0.3 is 0 Å². The number of nitrogens with one attached hydrogen (secondary N) is 1. The maximum Gasteiger partial charge on any atom is 0.222 e. The summed E-state index contributed by atoms with van der Waals surface area (Å²) in [6.07, 6.45) is 0.330. The van der Waals surface area contributed by atoms with Crippen LogP contribution >= 0.6 is 0 Å². The third kappa shape index (κ3) is 5.53. The van der Waals surface area contributed by atoms with Crippen molar-refractivity contribution in [1.82, 2.24) is 5.32 Å². The maximum atomic E-state index is 10.6. The highest BCUT2D eigenvalue weighted by Crippen LogP contribution is 1.78. The summed E-state index contributed by atoms with van der Waals surface area (Å²) >= 11 is 0. The first kappa shape index (κ1) is 9.39. The van der Waals surface area contributed by atoms with Crippen molar-refractivity contribution in [2.24, 2.45) is 0 Å². The van der Waals surface area contributed by atoms with Gasteiger partial charge in [0.1, 0.15) is 0 Å². The molecule has 4 nitrogen and oxygen atoms in total. The van der Waals surface area contributed by atoms with Crippen molar-refractivity contribution in [3.63, 3.8) is 0 Å². The predicted molar refractivity (Wildman–Crippen MR) is 35.1 cm³/mol. The van der Waals surface area contributed by atoms with Gasteiger partial charge in [0.05, 0.1) is 13.2 Å². The van der Waals surface area contributed by atoms with Gasteiger partial charge in [-0.05, 0) is 0 Å². The Morgan fingerprint density at radius 3 is 2.80 bits per heavy atom. The van der Waals surface area contributed by atoms with Crippen molar-refractivity contribution in [3.8, 4) is 0 Å². The van der Waals surface area contributed by atoms with Crippen LogP contribution in [0.25, 0.3) is 0 Å². The number of carbonyl (C=O) groups excluding carboxylic acids is 1. The van der Waals surface area contributed by atoms with Gasteiger partial charge in [0, 0.05) is 20.1 Å². The molecular formula is C6H12NO3. The Kier molecular flexibility index (Phi) is 6.11. The fourth-order valence-corrected chi connectivity index (χ4v) is 0.474. The summed E-state index contributed by atoms with van der Waals surface area (Å²) in [6, 6.07) is 0. The Labute approximate surface area is 60.2 Å². The minimum absolute atomic E-state index is 0.127. The van der Waals surface area contributed by atoms with Crippen LogP contribution in [0.2, 0.25) is 0 Å². The first-order chi connectivity index (χ1) is 4.81. The van der Waals surface area contributed by atoms with Crippen molar-refractivity contribution in [3.05, 3.63) is 0 Å². The first-order valence-corrected chi connectivity index (χ1v) is 3.15. The van der Waals surface area contributed by atoms with Crippen LogP contribution in [0.5, 0.6) is 0 Å². The Balaban J connectivity index is 3.09. The van der Waals surface area contributed by atoms with Gasteiger partial charge in [-0.15, -0.1) is 0 Å². The van der Waals surface area contributed by atoms with Crippen LogP contribution in [-0.4, -0.2) is 32.8 Å². The van der Waals surface area contributed by atoms with E-state index >= 15 is 0 Å². The predicted octanol–water partition coefficient (Wildman–Crippen LogP) is -0.430. The molecule has 0 spiro atoms. The van der Waals surface area contributed by atoms with E-state index in [-0.39, 0.29) is 19.1 Å². The van der Waals surface area contributed by atoms with Gasteiger partial charge in [-0.2, -0.15) is 0 Å². The summed E-state index contributed by atoms with van der Waals surface area (Å²) in [5.41, 5.74) is 0. The molecule has 0 aliphatic carbocycles. The normalized spacial score (nSPS) is 9.40. The average Bonchev–Trinajstić information content (AvgIpc) is 1.97. The van der Waals surface area contributed by atoms with Crippen LogP contribution in [0.1, 0.15) is 6.42 Å². The summed E-state index contributed by atoms with van der Waals surface area (Å²) < 4.78 is 4.65. The molecular weight excluding hydrogens is 134 g/mol. The number of methoxy groups -OCH3 is 1. The van der Waals surface area contributed by atoms with Gasteiger partial charge < -0.3 is 10.1 Å². The minimum Gasteiger partial charge on any atom is -0.384 e. The smallest absolute Gasteiger partial charge is 0.222 e. The molecule has 1 amide bonds. The number of amides is 1. The van der Waals surface area contributed by atoms with Gasteiger partial charge in [0.2, 0.25) is 5.91 Å². The third-order valence-corrected chi connectivity index (χ3v) is 0.957. The highest BCUT2D eigenvalue weighted by atomic mass is 16.5. The summed E-state index contributed by atoms with van der Waals surface area (Å²) in [5.74, 6) is -0.127. The highest BCUT2D eigenvalue weighted by Gasteiger charge is 1.97. The number of hydrogen-bond acceptors (Lipinski definition) is 2. The number of hydrogen-bond donors (Lipinski definition) is 1. The molecule has 0 saturated heterocycles. The molecule has 0 aliphatic heterocycles. The summed E-state index contributed by atoms with van der Waals surface area (Å²) in [5, 5.41) is 12.3. The van der Waals surface area contributed by atoms with Crippen molar-refractivity contribution in [2.75, 3.05) is 26.9 Å². The molecule has 0 aromatic carbocycles. The second-order valence-electron chi connectivity index (χ2n) is 1.80. The van der Waals surface area contributed by atoms with Gasteiger partial charge in [-0.25, -0.2) is 5.11 Å². The molecule has 0 fully saturated rings. The molecule has 0 bridgehead atoms. The van der Waals surface area contributed by atoms with E-state index in [9.17, 15) is 9.90 Å². The third-order valence-electron chi connectivity index (χ3n) is 0.957. The Morgan fingerprint density at radius 2 is 2.30 bits per heavy atom. The van der Waals surface area contributed by atoms with Crippen LogP contribution < -0.4 is 5.32 Å². The van der Waals surface area contributed by atoms with E-state index in [1.165, 1.54) is 7.11 Å². The van der Waals surface area contributed by atoms with Crippen molar-refractivity contribution in [2.45, 2.75) is 6.42 Å². The molecule has 0 aliphatic rings.